The first kappa shape index (κ1) is 17.3. The van der Waals surface area contributed by atoms with Crippen LogP contribution in [0, 0.1) is 0 Å². The summed E-state index contributed by atoms with van der Waals surface area (Å²) in [5, 5.41) is 5.01. The molecule has 0 fully saturated rings. The molecule has 0 aromatic heterocycles. The van der Waals surface area contributed by atoms with Gasteiger partial charge in [-0.1, -0.05) is 56.3 Å². The molecule has 0 atom stereocenters. The third kappa shape index (κ3) is 2.87. The first-order valence-electron chi connectivity index (χ1n) is 9.38. The van der Waals surface area contributed by atoms with Crippen LogP contribution >= 0.6 is 0 Å². The Morgan fingerprint density at radius 3 is 2.22 bits per heavy atom. The monoisotopic (exact) mass is 358 g/mol. The van der Waals surface area contributed by atoms with E-state index in [2.05, 4.69) is 19.2 Å². The standard InChI is InChI=1S/C23H22N2O2/c1-3-15-8-5-9-16(4-2)22(15)24-20(26)14-25-19-13-7-11-17-10-6-12-18(21(17)19)23(25)27/h5-13H,3-4,14H2,1-2H3,(H,24,26). The van der Waals surface area contributed by atoms with E-state index in [0.29, 0.717) is 5.56 Å². The second-order valence-corrected chi connectivity index (χ2v) is 6.78. The molecule has 1 heterocycles. The summed E-state index contributed by atoms with van der Waals surface area (Å²) in [7, 11) is 0. The molecule has 136 valence electrons. The molecule has 3 aromatic carbocycles. The maximum Gasteiger partial charge on any atom is 0.259 e. The zero-order valence-electron chi connectivity index (χ0n) is 15.6. The van der Waals surface area contributed by atoms with Crippen LogP contribution in [-0.2, 0) is 17.6 Å². The van der Waals surface area contributed by atoms with Gasteiger partial charge < -0.3 is 5.32 Å². The molecule has 3 aromatic rings. The maximum absolute atomic E-state index is 12.9. The van der Waals surface area contributed by atoms with Crippen LogP contribution in [0.3, 0.4) is 0 Å². The summed E-state index contributed by atoms with van der Waals surface area (Å²) in [6, 6.07) is 17.6. The van der Waals surface area contributed by atoms with Gasteiger partial charge in [0.25, 0.3) is 5.91 Å². The molecule has 27 heavy (non-hydrogen) atoms. The molecular formula is C23H22N2O2. The predicted octanol–water partition coefficient (Wildman–Crippen LogP) is 4.56. The van der Waals surface area contributed by atoms with E-state index < -0.39 is 0 Å². The highest BCUT2D eigenvalue weighted by molar-refractivity contribution is 6.26. The Balaban J connectivity index is 1.62. The van der Waals surface area contributed by atoms with Gasteiger partial charge in [-0.3, -0.25) is 14.5 Å². The highest BCUT2D eigenvalue weighted by Gasteiger charge is 2.31. The Hall–Kier alpha value is -3.14. The molecule has 4 rings (SSSR count). The number of para-hydroxylation sites is 1. The molecule has 0 unspecified atom stereocenters. The van der Waals surface area contributed by atoms with Crippen LogP contribution in [-0.4, -0.2) is 18.4 Å². The molecule has 0 spiro atoms. The summed E-state index contributed by atoms with van der Waals surface area (Å²) in [6.07, 6.45) is 1.69. The molecule has 0 bridgehead atoms. The van der Waals surface area contributed by atoms with Crippen molar-refractivity contribution in [1.29, 1.82) is 0 Å². The molecule has 1 aliphatic heterocycles. The van der Waals surface area contributed by atoms with Crippen molar-refractivity contribution in [1.82, 2.24) is 0 Å². The van der Waals surface area contributed by atoms with E-state index in [1.807, 2.05) is 54.6 Å². The Morgan fingerprint density at radius 2 is 1.56 bits per heavy atom. The number of anilines is 2. The van der Waals surface area contributed by atoms with Gasteiger partial charge >= 0.3 is 0 Å². The number of benzene rings is 3. The Morgan fingerprint density at radius 1 is 0.926 bits per heavy atom. The molecule has 1 aliphatic rings. The number of carbonyl (C=O) groups excluding carboxylic acids is 2. The normalized spacial score (nSPS) is 12.7. The largest absolute Gasteiger partial charge is 0.324 e. The fraction of sp³-hybridized carbons (Fsp3) is 0.217. The van der Waals surface area contributed by atoms with Gasteiger partial charge in [0.05, 0.1) is 5.69 Å². The summed E-state index contributed by atoms with van der Waals surface area (Å²) in [4.78, 5) is 27.2. The van der Waals surface area contributed by atoms with E-state index in [-0.39, 0.29) is 18.4 Å². The quantitative estimate of drug-likeness (QED) is 0.727. The first-order valence-corrected chi connectivity index (χ1v) is 9.38. The lowest BCUT2D eigenvalue weighted by atomic mass is 10.0. The molecule has 0 aliphatic carbocycles. The third-order valence-corrected chi connectivity index (χ3v) is 5.21. The highest BCUT2D eigenvalue weighted by atomic mass is 16.2. The van der Waals surface area contributed by atoms with Gasteiger partial charge in [-0.2, -0.15) is 0 Å². The zero-order chi connectivity index (χ0) is 19.0. The second-order valence-electron chi connectivity index (χ2n) is 6.78. The summed E-state index contributed by atoms with van der Waals surface area (Å²) >= 11 is 0. The topological polar surface area (TPSA) is 49.4 Å². The van der Waals surface area contributed by atoms with Crippen molar-refractivity contribution >= 4 is 34.0 Å². The summed E-state index contributed by atoms with van der Waals surface area (Å²) in [5.74, 6) is -0.291. The molecule has 0 saturated carbocycles. The second kappa shape index (κ2) is 6.88. The minimum atomic E-state index is -0.177. The van der Waals surface area contributed by atoms with E-state index in [1.54, 1.807) is 4.90 Å². The van der Waals surface area contributed by atoms with E-state index >= 15 is 0 Å². The minimum absolute atomic E-state index is 0.00777. The van der Waals surface area contributed by atoms with Crippen LogP contribution in [0.5, 0.6) is 0 Å². The fourth-order valence-electron chi connectivity index (χ4n) is 3.86. The number of amides is 2. The molecular weight excluding hydrogens is 336 g/mol. The lowest BCUT2D eigenvalue weighted by molar-refractivity contribution is -0.114. The average Bonchev–Trinajstić information content (AvgIpc) is 2.96. The lowest BCUT2D eigenvalue weighted by Gasteiger charge is -2.19. The number of carbonyl (C=O) groups is 2. The SMILES string of the molecule is CCc1cccc(CC)c1NC(=O)CN1C(=O)c2cccc3cccc1c23. The Bertz CT molecular complexity index is 1030. The van der Waals surface area contributed by atoms with Crippen LogP contribution in [0.15, 0.2) is 54.6 Å². The molecule has 4 nitrogen and oxygen atoms in total. The van der Waals surface area contributed by atoms with Crippen LogP contribution in [0.2, 0.25) is 0 Å². The summed E-state index contributed by atoms with van der Waals surface area (Å²) in [6.45, 7) is 4.16. The molecule has 0 saturated heterocycles. The fourth-order valence-corrected chi connectivity index (χ4v) is 3.86. The van der Waals surface area contributed by atoms with Gasteiger partial charge in [-0.25, -0.2) is 0 Å². The van der Waals surface area contributed by atoms with Crippen molar-refractivity contribution in [3.8, 4) is 0 Å². The Kier molecular flexibility index (Phi) is 4.40. The number of hydrogen-bond donors (Lipinski definition) is 1. The first-order chi connectivity index (χ1) is 13.1. The van der Waals surface area contributed by atoms with Gasteiger partial charge in [-0.05, 0) is 41.5 Å². The maximum atomic E-state index is 12.9. The van der Waals surface area contributed by atoms with Crippen LogP contribution in [0.1, 0.15) is 35.3 Å². The molecule has 1 N–H and O–H groups in total. The van der Waals surface area contributed by atoms with Gasteiger partial charge in [0.15, 0.2) is 0 Å². The van der Waals surface area contributed by atoms with E-state index in [0.717, 1.165) is 46.1 Å². The summed E-state index contributed by atoms with van der Waals surface area (Å²) in [5.41, 5.74) is 4.58. The van der Waals surface area contributed by atoms with Crippen molar-refractivity contribution < 1.29 is 9.59 Å². The number of nitrogens with one attached hydrogen (secondary N) is 1. The molecule has 0 radical (unpaired) electrons. The van der Waals surface area contributed by atoms with Gasteiger partial charge in [-0.15, -0.1) is 0 Å². The van der Waals surface area contributed by atoms with Gasteiger partial charge in [0.1, 0.15) is 6.54 Å². The van der Waals surface area contributed by atoms with Crippen molar-refractivity contribution in [2.24, 2.45) is 0 Å². The van der Waals surface area contributed by atoms with E-state index in [1.165, 1.54) is 0 Å². The van der Waals surface area contributed by atoms with Crippen molar-refractivity contribution in [2.45, 2.75) is 26.7 Å². The minimum Gasteiger partial charge on any atom is -0.324 e. The van der Waals surface area contributed by atoms with E-state index in [9.17, 15) is 9.59 Å². The Labute approximate surface area is 158 Å². The summed E-state index contributed by atoms with van der Waals surface area (Å²) < 4.78 is 0. The van der Waals surface area contributed by atoms with Crippen LogP contribution in [0.25, 0.3) is 10.8 Å². The predicted molar refractivity (Wildman–Crippen MR) is 109 cm³/mol. The lowest BCUT2D eigenvalue weighted by Crippen LogP contribution is -2.35. The van der Waals surface area contributed by atoms with Crippen molar-refractivity contribution in [2.75, 3.05) is 16.8 Å². The van der Waals surface area contributed by atoms with Gasteiger partial charge in [0, 0.05) is 16.6 Å². The zero-order valence-corrected chi connectivity index (χ0v) is 15.6. The molecule has 4 heteroatoms. The van der Waals surface area contributed by atoms with Crippen molar-refractivity contribution in [3.63, 3.8) is 0 Å². The number of aryl methyl sites for hydroxylation is 2. The van der Waals surface area contributed by atoms with Gasteiger partial charge in [0.2, 0.25) is 5.91 Å². The average molecular weight is 358 g/mol. The molecule has 2 amide bonds. The smallest absolute Gasteiger partial charge is 0.259 e. The third-order valence-electron chi connectivity index (χ3n) is 5.21. The van der Waals surface area contributed by atoms with E-state index in [4.69, 9.17) is 0 Å². The van der Waals surface area contributed by atoms with Crippen LogP contribution < -0.4 is 10.2 Å². The van der Waals surface area contributed by atoms with Crippen molar-refractivity contribution in [3.05, 3.63) is 71.3 Å². The number of rotatable bonds is 5. The highest BCUT2D eigenvalue weighted by Crippen LogP contribution is 2.37. The number of hydrogen-bond acceptors (Lipinski definition) is 2. The van der Waals surface area contributed by atoms with Crippen LogP contribution in [0.4, 0.5) is 11.4 Å². The number of nitrogens with zero attached hydrogens (tertiary/aromatic N) is 1.